The largest absolute Gasteiger partial charge is 0.497 e. The highest BCUT2D eigenvalue weighted by molar-refractivity contribution is 9.10. The monoisotopic (exact) mass is 302 g/mol. The third kappa shape index (κ3) is 4.30. The van der Waals surface area contributed by atoms with Crippen LogP contribution in [0.2, 0.25) is 0 Å². The van der Waals surface area contributed by atoms with Gasteiger partial charge in [-0.1, -0.05) is 15.9 Å². The number of hydrogen-bond acceptors (Lipinski definition) is 3. The van der Waals surface area contributed by atoms with Crippen LogP contribution in [0.15, 0.2) is 22.7 Å². The molecular weight excluding hydrogens is 284 g/mol. The van der Waals surface area contributed by atoms with Crippen molar-refractivity contribution >= 4 is 15.9 Å². The normalized spacial score (nSPS) is 14.4. The van der Waals surface area contributed by atoms with Crippen LogP contribution in [0.1, 0.15) is 19.4 Å². The molecule has 2 unspecified atom stereocenters. The van der Waals surface area contributed by atoms with Gasteiger partial charge in [0.25, 0.3) is 0 Å². The lowest BCUT2D eigenvalue weighted by molar-refractivity contribution is -0.0208. The highest BCUT2D eigenvalue weighted by atomic mass is 79.9. The highest BCUT2D eigenvalue weighted by Gasteiger charge is 2.16. The Hall–Kier alpha value is -0.580. The van der Waals surface area contributed by atoms with Gasteiger partial charge in [-0.25, -0.2) is 0 Å². The van der Waals surface area contributed by atoms with Gasteiger partial charge in [0.1, 0.15) is 5.75 Å². The predicted octanol–water partition coefficient (Wildman–Crippen LogP) is 2.79. The first-order chi connectivity index (χ1) is 8.08. The van der Waals surface area contributed by atoms with Crippen LogP contribution in [0.5, 0.6) is 5.75 Å². The minimum atomic E-state index is -0.515. The van der Waals surface area contributed by atoms with Crippen LogP contribution >= 0.6 is 15.9 Å². The summed E-state index contributed by atoms with van der Waals surface area (Å²) in [7, 11) is 1.63. The first-order valence-corrected chi connectivity index (χ1v) is 6.49. The average Bonchev–Trinajstić information content (AvgIpc) is 2.32. The molecule has 0 aromatic heterocycles. The summed E-state index contributed by atoms with van der Waals surface area (Å²) in [5.41, 5.74) is 1.02. The van der Waals surface area contributed by atoms with Crippen molar-refractivity contribution in [2.45, 2.75) is 32.5 Å². The minimum Gasteiger partial charge on any atom is -0.497 e. The second-order valence-electron chi connectivity index (χ2n) is 3.89. The number of rotatable bonds is 6. The number of ether oxygens (including phenoxy) is 2. The van der Waals surface area contributed by atoms with Crippen molar-refractivity contribution in [3.8, 4) is 5.75 Å². The number of halogens is 1. The van der Waals surface area contributed by atoms with Crippen molar-refractivity contribution in [2.24, 2.45) is 0 Å². The van der Waals surface area contributed by atoms with Gasteiger partial charge >= 0.3 is 0 Å². The van der Waals surface area contributed by atoms with Crippen LogP contribution in [0.4, 0.5) is 0 Å². The number of aliphatic hydroxyl groups excluding tert-OH is 1. The van der Waals surface area contributed by atoms with Gasteiger partial charge < -0.3 is 14.6 Å². The molecule has 1 N–H and O–H groups in total. The van der Waals surface area contributed by atoms with E-state index in [1.165, 1.54) is 0 Å². The second-order valence-corrected chi connectivity index (χ2v) is 4.74. The maximum Gasteiger partial charge on any atom is 0.119 e. The fourth-order valence-corrected chi connectivity index (χ4v) is 2.01. The number of methoxy groups -OCH3 is 1. The first kappa shape index (κ1) is 14.5. The molecule has 0 amide bonds. The highest BCUT2D eigenvalue weighted by Crippen LogP contribution is 2.24. The number of hydrogen-bond donors (Lipinski definition) is 1. The van der Waals surface area contributed by atoms with Crippen molar-refractivity contribution in [3.05, 3.63) is 28.2 Å². The maximum absolute atomic E-state index is 10.0. The van der Waals surface area contributed by atoms with E-state index in [4.69, 9.17) is 9.47 Å². The molecule has 96 valence electrons. The number of benzene rings is 1. The molecule has 0 fully saturated rings. The Labute approximate surface area is 111 Å². The van der Waals surface area contributed by atoms with E-state index < -0.39 is 6.10 Å². The maximum atomic E-state index is 10.0. The molecule has 0 aliphatic carbocycles. The minimum absolute atomic E-state index is 0.168. The van der Waals surface area contributed by atoms with Crippen molar-refractivity contribution in [1.82, 2.24) is 0 Å². The van der Waals surface area contributed by atoms with Crippen LogP contribution in [-0.4, -0.2) is 31.0 Å². The van der Waals surface area contributed by atoms with Crippen molar-refractivity contribution < 1.29 is 14.6 Å². The summed E-state index contributed by atoms with van der Waals surface area (Å²) in [6.45, 7) is 4.41. The van der Waals surface area contributed by atoms with E-state index in [1.807, 2.05) is 32.0 Å². The van der Waals surface area contributed by atoms with E-state index in [0.29, 0.717) is 13.0 Å². The second kappa shape index (κ2) is 6.99. The van der Waals surface area contributed by atoms with Gasteiger partial charge in [-0.05, 0) is 37.6 Å². The van der Waals surface area contributed by atoms with Crippen LogP contribution in [-0.2, 0) is 11.2 Å². The number of aliphatic hydroxyl groups is 1. The van der Waals surface area contributed by atoms with Crippen molar-refractivity contribution in [1.29, 1.82) is 0 Å². The van der Waals surface area contributed by atoms with Gasteiger partial charge in [-0.2, -0.15) is 0 Å². The van der Waals surface area contributed by atoms with Crippen LogP contribution in [0.25, 0.3) is 0 Å². The first-order valence-electron chi connectivity index (χ1n) is 5.70. The van der Waals surface area contributed by atoms with Crippen molar-refractivity contribution in [3.63, 3.8) is 0 Å². The summed E-state index contributed by atoms with van der Waals surface area (Å²) < 4.78 is 11.5. The topological polar surface area (TPSA) is 38.7 Å². The van der Waals surface area contributed by atoms with E-state index in [1.54, 1.807) is 7.11 Å². The molecular formula is C13H19BrO3. The van der Waals surface area contributed by atoms with E-state index in [-0.39, 0.29) is 6.10 Å². The molecule has 0 radical (unpaired) electrons. The van der Waals surface area contributed by atoms with Crippen LogP contribution in [0, 0.1) is 0 Å². The Balaban J connectivity index is 2.73. The van der Waals surface area contributed by atoms with Gasteiger partial charge in [-0.3, -0.25) is 0 Å². The molecule has 0 saturated carbocycles. The quantitative estimate of drug-likeness (QED) is 0.878. The van der Waals surface area contributed by atoms with E-state index in [9.17, 15) is 5.11 Å². The van der Waals surface area contributed by atoms with E-state index in [2.05, 4.69) is 15.9 Å². The Morgan fingerprint density at radius 1 is 1.41 bits per heavy atom. The molecule has 17 heavy (non-hydrogen) atoms. The van der Waals surface area contributed by atoms with Gasteiger partial charge in [-0.15, -0.1) is 0 Å². The Bertz CT molecular complexity index is 355. The summed E-state index contributed by atoms with van der Waals surface area (Å²) in [5, 5.41) is 10.0. The molecule has 0 saturated heterocycles. The molecule has 4 heteroatoms. The predicted molar refractivity (Wildman–Crippen MR) is 71.5 cm³/mol. The van der Waals surface area contributed by atoms with Gasteiger partial charge in [0, 0.05) is 17.5 Å². The zero-order chi connectivity index (χ0) is 12.8. The molecule has 0 aliphatic heterocycles. The summed E-state index contributed by atoms with van der Waals surface area (Å²) in [5.74, 6) is 0.791. The summed E-state index contributed by atoms with van der Waals surface area (Å²) in [4.78, 5) is 0. The Morgan fingerprint density at radius 3 is 2.71 bits per heavy atom. The molecule has 1 rings (SSSR count). The van der Waals surface area contributed by atoms with Crippen LogP contribution < -0.4 is 4.74 Å². The van der Waals surface area contributed by atoms with Crippen molar-refractivity contribution in [2.75, 3.05) is 13.7 Å². The SMILES string of the molecule is CCOC(C)C(O)Cc1cc(OC)ccc1Br. The Kier molecular flexibility index (Phi) is 5.95. The average molecular weight is 303 g/mol. The van der Waals surface area contributed by atoms with Gasteiger partial charge in [0.05, 0.1) is 19.3 Å². The molecule has 3 nitrogen and oxygen atoms in total. The third-order valence-electron chi connectivity index (χ3n) is 2.65. The lowest BCUT2D eigenvalue weighted by Crippen LogP contribution is -2.28. The fraction of sp³-hybridized carbons (Fsp3) is 0.538. The smallest absolute Gasteiger partial charge is 0.119 e. The molecule has 1 aromatic carbocycles. The lowest BCUT2D eigenvalue weighted by Gasteiger charge is -2.19. The van der Waals surface area contributed by atoms with Gasteiger partial charge in [0.15, 0.2) is 0 Å². The van der Waals surface area contributed by atoms with Crippen LogP contribution in [0.3, 0.4) is 0 Å². The fourth-order valence-electron chi connectivity index (χ4n) is 1.60. The standard InChI is InChI=1S/C13H19BrO3/c1-4-17-9(2)13(15)8-10-7-11(16-3)5-6-12(10)14/h5-7,9,13,15H,4,8H2,1-3H3. The molecule has 0 bridgehead atoms. The molecule has 0 aliphatic rings. The van der Waals surface area contributed by atoms with Gasteiger partial charge in [0.2, 0.25) is 0 Å². The summed E-state index contributed by atoms with van der Waals surface area (Å²) in [6.07, 6.45) is -0.143. The van der Waals surface area contributed by atoms with E-state index >= 15 is 0 Å². The molecule has 1 aromatic rings. The lowest BCUT2D eigenvalue weighted by atomic mass is 10.0. The molecule has 0 heterocycles. The molecule has 2 atom stereocenters. The Morgan fingerprint density at radius 2 is 2.12 bits per heavy atom. The summed E-state index contributed by atoms with van der Waals surface area (Å²) >= 11 is 3.47. The zero-order valence-electron chi connectivity index (χ0n) is 10.4. The zero-order valence-corrected chi connectivity index (χ0v) is 12.0. The van der Waals surface area contributed by atoms with E-state index in [0.717, 1.165) is 15.8 Å². The third-order valence-corrected chi connectivity index (χ3v) is 3.43. The summed E-state index contributed by atoms with van der Waals surface area (Å²) in [6, 6.07) is 5.73. The molecule has 0 spiro atoms.